The van der Waals surface area contributed by atoms with Gasteiger partial charge in [0, 0.05) is 23.7 Å². The zero-order chi connectivity index (χ0) is 34.1. The number of rotatable bonds is 15. The van der Waals surface area contributed by atoms with Gasteiger partial charge in [0.05, 0.1) is 20.6 Å². The van der Waals surface area contributed by atoms with Crippen LogP contribution in [-0.4, -0.2) is 83.2 Å². The number of hydrogen-bond acceptors (Lipinski definition) is 8. The third kappa shape index (κ3) is 9.06. The van der Waals surface area contributed by atoms with E-state index in [9.17, 15) is 33.9 Å². The van der Waals surface area contributed by atoms with Gasteiger partial charge in [-0.25, -0.2) is 4.79 Å². The minimum Gasteiger partial charge on any atom is -0.497 e. The monoisotopic (exact) mass is 646 g/mol. The molecule has 0 bridgehead atoms. The summed E-state index contributed by atoms with van der Waals surface area (Å²) in [6.07, 6.45) is -1.72. The predicted octanol–water partition coefficient (Wildman–Crippen LogP) is 2.15. The minimum atomic E-state index is -1.69. The minimum absolute atomic E-state index is 0.0265. The van der Waals surface area contributed by atoms with Crippen LogP contribution in [0.3, 0.4) is 0 Å². The molecule has 0 unspecified atom stereocenters. The molecule has 3 aromatic carbocycles. The average molecular weight is 647 g/mol. The van der Waals surface area contributed by atoms with E-state index >= 15 is 0 Å². The lowest BCUT2D eigenvalue weighted by atomic mass is 10.0. The van der Waals surface area contributed by atoms with Crippen molar-refractivity contribution in [3.05, 3.63) is 78.0 Å². The number of ether oxygens (including phenoxy) is 2. The molecule has 6 N–H and O–H groups in total. The number of carboxylic acids is 2. The number of H-pyrrole nitrogens is 1. The van der Waals surface area contributed by atoms with Crippen LogP contribution in [0.15, 0.2) is 66.7 Å². The lowest BCUT2D eigenvalue weighted by molar-refractivity contribution is -0.146. The predicted molar refractivity (Wildman–Crippen MR) is 169 cm³/mol. The van der Waals surface area contributed by atoms with E-state index in [0.29, 0.717) is 22.2 Å². The molecule has 1 heterocycles. The van der Waals surface area contributed by atoms with E-state index in [1.807, 2.05) is 36.4 Å². The van der Waals surface area contributed by atoms with E-state index in [4.69, 9.17) is 9.84 Å². The van der Waals surface area contributed by atoms with Crippen LogP contribution >= 0.6 is 0 Å². The van der Waals surface area contributed by atoms with Crippen LogP contribution in [0.2, 0.25) is 0 Å². The van der Waals surface area contributed by atoms with E-state index in [1.54, 1.807) is 30.3 Å². The van der Waals surface area contributed by atoms with Gasteiger partial charge in [0.25, 0.3) is 5.91 Å². The zero-order valence-corrected chi connectivity index (χ0v) is 25.6. The van der Waals surface area contributed by atoms with E-state index in [-0.39, 0.29) is 18.5 Å². The summed E-state index contributed by atoms with van der Waals surface area (Å²) in [5.41, 5.74) is 1.46. The number of carbonyl (C=O) groups excluding carboxylic acids is 4. The number of nitrogens with one attached hydrogen (secondary N) is 4. The maximum absolute atomic E-state index is 13.7. The molecule has 0 radical (unpaired) electrons. The molecule has 0 fully saturated rings. The average Bonchev–Trinajstić information content (AvgIpc) is 3.49. The first-order chi connectivity index (χ1) is 22.5. The van der Waals surface area contributed by atoms with E-state index in [0.717, 1.165) is 17.9 Å². The highest BCUT2D eigenvalue weighted by Crippen LogP contribution is 2.22. The molecule has 14 heteroatoms. The third-order valence-corrected chi connectivity index (χ3v) is 7.41. The molecule has 0 aliphatic carbocycles. The molecule has 14 nitrogen and oxygen atoms in total. The first-order valence-corrected chi connectivity index (χ1v) is 14.5. The fraction of sp³-hybridized carbons (Fsp3) is 0.273. The molecule has 3 atom stereocenters. The molecular formula is C33H34N4O10. The lowest BCUT2D eigenvalue weighted by Crippen LogP contribution is -2.56. The summed E-state index contributed by atoms with van der Waals surface area (Å²) in [6.45, 7) is 0. The number of methoxy groups -OCH3 is 2. The second kappa shape index (κ2) is 15.4. The number of carbonyl (C=O) groups is 6. The van der Waals surface area contributed by atoms with Gasteiger partial charge in [-0.05, 0) is 47.0 Å². The molecular weight excluding hydrogens is 612 g/mol. The summed E-state index contributed by atoms with van der Waals surface area (Å²) in [6, 6.07) is 15.4. The van der Waals surface area contributed by atoms with Crippen molar-refractivity contribution >= 4 is 57.3 Å². The molecule has 0 spiro atoms. The van der Waals surface area contributed by atoms with Gasteiger partial charge in [-0.2, -0.15) is 0 Å². The maximum atomic E-state index is 13.7. The van der Waals surface area contributed by atoms with Gasteiger partial charge < -0.3 is 40.6 Å². The first kappa shape index (κ1) is 34.0. The molecule has 0 saturated carbocycles. The van der Waals surface area contributed by atoms with Crippen LogP contribution in [0, 0.1) is 0 Å². The number of amides is 3. The van der Waals surface area contributed by atoms with Crippen molar-refractivity contribution in [1.29, 1.82) is 0 Å². The van der Waals surface area contributed by atoms with Gasteiger partial charge in [0.1, 0.15) is 29.6 Å². The van der Waals surface area contributed by atoms with E-state index < -0.39 is 66.6 Å². The van der Waals surface area contributed by atoms with Crippen LogP contribution < -0.4 is 20.7 Å². The number of fused-ring (bicyclic) bond motifs is 2. The Morgan fingerprint density at radius 2 is 1.45 bits per heavy atom. The smallest absolute Gasteiger partial charge is 0.328 e. The zero-order valence-electron chi connectivity index (χ0n) is 25.6. The van der Waals surface area contributed by atoms with Gasteiger partial charge in [0.15, 0.2) is 0 Å². The Bertz CT molecular complexity index is 1820. The quantitative estimate of drug-likeness (QED) is 0.104. The Labute approximate surface area is 268 Å². The second-order valence-corrected chi connectivity index (χ2v) is 10.7. The SMILES string of the molecule is COC(=O)[C@H](CCC(=O)O)NC(=O)[C@H](CC(=O)O)NC(=O)[C@H](Cc1ccc2ccccc2c1)NC(=O)c1cc2cc(OC)ccc2[nH]1. The normalized spacial score (nSPS) is 12.8. The number of aromatic nitrogens is 1. The van der Waals surface area contributed by atoms with E-state index in [1.165, 1.54) is 7.11 Å². The summed E-state index contributed by atoms with van der Waals surface area (Å²) in [7, 11) is 2.56. The largest absolute Gasteiger partial charge is 0.497 e. The van der Waals surface area contributed by atoms with Gasteiger partial charge in [-0.1, -0.05) is 42.5 Å². The van der Waals surface area contributed by atoms with Gasteiger partial charge in [-0.15, -0.1) is 0 Å². The summed E-state index contributed by atoms with van der Waals surface area (Å²) in [4.78, 5) is 78.3. The molecule has 0 aliphatic rings. The number of esters is 1. The standard InChI is InChI=1S/C33H34N4O10/c1-46-22-9-10-23-21(15-22)16-26(34-23)31(43)36-25(14-18-7-8-19-5-3-4-6-20(19)13-18)30(42)37-27(17-29(40)41)32(44)35-24(33(45)47-2)11-12-28(38)39/h3-10,13,15-16,24-25,27,34H,11-12,14,17H2,1-2H3,(H,35,44)(H,36,43)(H,37,42)(H,38,39)(H,40,41)/t24-,25-,27-/m0/s1. The third-order valence-electron chi connectivity index (χ3n) is 7.41. The number of hydrogen-bond donors (Lipinski definition) is 6. The highest BCUT2D eigenvalue weighted by Gasteiger charge is 2.32. The van der Waals surface area contributed by atoms with Crippen LogP contribution in [0.5, 0.6) is 5.75 Å². The molecule has 3 amide bonds. The summed E-state index contributed by atoms with van der Waals surface area (Å²) in [5, 5.41) is 28.4. The highest BCUT2D eigenvalue weighted by atomic mass is 16.5. The van der Waals surface area contributed by atoms with Crippen molar-refractivity contribution in [1.82, 2.24) is 20.9 Å². The fourth-order valence-electron chi connectivity index (χ4n) is 4.99. The van der Waals surface area contributed by atoms with Crippen molar-refractivity contribution in [2.45, 2.75) is 43.8 Å². The fourth-order valence-corrected chi connectivity index (χ4v) is 4.99. The summed E-state index contributed by atoms with van der Waals surface area (Å²) < 4.78 is 9.88. The van der Waals surface area contributed by atoms with Crippen molar-refractivity contribution in [2.24, 2.45) is 0 Å². The number of benzene rings is 3. The summed E-state index contributed by atoms with van der Waals surface area (Å²) >= 11 is 0. The maximum Gasteiger partial charge on any atom is 0.328 e. The van der Waals surface area contributed by atoms with E-state index in [2.05, 4.69) is 25.7 Å². The van der Waals surface area contributed by atoms with Gasteiger partial charge in [-0.3, -0.25) is 24.0 Å². The Kier molecular flexibility index (Phi) is 11.1. The molecule has 0 saturated heterocycles. The van der Waals surface area contributed by atoms with Crippen molar-refractivity contribution in [3.63, 3.8) is 0 Å². The van der Waals surface area contributed by atoms with Gasteiger partial charge >= 0.3 is 17.9 Å². The number of aliphatic carboxylic acids is 2. The second-order valence-electron chi connectivity index (χ2n) is 10.7. The molecule has 4 rings (SSSR count). The summed E-state index contributed by atoms with van der Waals surface area (Å²) in [5.74, 6) is -5.60. The Morgan fingerprint density at radius 1 is 0.745 bits per heavy atom. The number of carboxylic acid groups (broad SMARTS) is 2. The topological polar surface area (TPSA) is 213 Å². The molecule has 47 heavy (non-hydrogen) atoms. The molecule has 1 aromatic heterocycles. The van der Waals surface area contributed by atoms with Crippen molar-refractivity contribution in [3.8, 4) is 5.75 Å². The number of aromatic amines is 1. The van der Waals surface area contributed by atoms with Gasteiger partial charge in [0.2, 0.25) is 11.8 Å². The lowest BCUT2D eigenvalue weighted by Gasteiger charge is -2.24. The van der Waals surface area contributed by atoms with Crippen LogP contribution in [0.4, 0.5) is 0 Å². The van der Waals surface area contributed by atoms with Crippen LogP contribution in [-0.2, 0) is 35.1 Å². The molecule has 4 aromatic rings. The Hall–Kier alpha value is -5.92. The molecule has 246 valence electrons. The molecule has 0 aliphatic heterocycles. The Balaban J connectivity index is 1.60. The highest BCUT2D eigenvalue weighted by molar-refractivity contribution is 6.01. The van der Waals surface area contributed by atoms with Crippen molar-refractivity contribution < 1.29 is 48.5 Å². The van der Waals surface area contributed by atoms with Crippen LogP contribution in [0.1, 0.15) is 35.3 Å². The van der Waals surface area contributed by atoms with Crippen molar-refractivity contribution in [2.75, 3.05) is 14.2 Å². The van der Waals surface area contributed by atoms with Crippen LogP contribution in [0.25, 0.3) is 21.7 Å². The Morgan fingerprint density at radius 3 is 2.13 bits per heavy atom. The first-order valence-electron chi connectivity index (χ1n) is 14.5.